The summed E-state index contributed by atoms with van der Waals surface area (Å²) in [5.74, 6) is 1.31. The smallest absolute Gasteiger partial charge is 0.255 e. The van der Waals surface area contributed by atoms with Gasteiger partial charge in [0.1, 0.15) is 5.82 Å². The van der Waals surface area contributed by atoms with Crippen molar-refractivity contribution in [1.29, 1.82) is 0 Å². The summed E-state index contributed by atoms with van der Waals surface area (Å²) in [7, 11) is 0. The monoisotopic (exact) mass is 289 g/mol. The van der Waals surface area contributed by atoms with Gasteiger partial charge in [-0.3, -0.25) is 9.69 Å². The highest BCUT2D eigenvalue weighted by Crippen LogP contribution is 2.19. The fourth-order valence-electron chi connectivity index (χ4n) is 2.36. The molecule has 0 aliphatic carbocycles. The molecule has 3 heterocycles. The van der Waals surface area contributed by atoms with Crippen LogP contribution < -0.4 is 5.56 Å². The third-order valence-corrected chi connectivity index (χ3v) is 3.39. The molecular weight excluding hydrogens is 270 g/mol. The van der Waals surface area contributed by atoms with E-state index < -0.39 is 0 Å². The summed E-state index contributed by atoms with van der Waals surface area (Å²) in [6.07, 6.45) is 0. The quantitative estimate of drug-likeness (QED) is 0.856. The largest absolute Gasteiger partial charge is 0.310 e. The number of aromatic amines is 1. The van der Waals surface area contributed by atoms with Crippen LogP contribution >= 0.6 is 0 Å². The minimum atomic E-state index is -0.185. The zero-order chi connectivity index (χ0) is 15.2. The number of hydrogen-bond acceptors (Lipinski definition) is 6. The summed E-state index contributed by atoms with van der Waals surface area (Å²) < 4.78 is 0. The molecule has 0 radical (unpaired) electrons. The Morgan fingerprint density at radius 1 is 1.29 bits per heavy atom. The van der Waals surface area contributed by atoms with Crippen LogP contribution in [0.2, 0.25) is 0 Å². The van der Waals surface area contributed by atoms with Crippen molar-refractivity contribution in [3.8, 4) is 0 Å². The van der Waals surface area contributed by atoms with Crippen LogP contribution in [0.15, 0.2) is 4.79 Å². The molecule has 21 heavy (non-hydrogen) atoms. The lowest BCUT2D eigenvalue weighted by Crippen LogP contribution is -2.25. The maximum Gasteiger partial charge on any atom is 0.255 e. The van der Waals surface area contributed by atoms with Gasteiger partial charge in [0.05, 0.1) is 23.3 Å². The molecule has 2 aromatic heterocycles. The van der Waals surface area contributed by atoms with Crippen LogP contribution in [0.1, 0.15) is 43.7 Å². The van der Waals surface area contributed by atoms with Crippen molar-refractivity contribution in [2.45, 2.75) is 52.9 Å². The zero-order valence-electron chi connectivity index (χ0n) is 12.7. The molecule has 112 valence electrons. The highest BCUT2D eigenvalue weighted by Gasteiger charge is 2.25. The molecule has 1 aliphatic heterocycles. The van der Waals surface area contributed by atoms with Gasteiger partial charge in [-0.05, 0) is 32.9 Å². The van der Waals surface area contributed by atoms with Crippen LogP contribution in [0.5, 0.6) is 0 Å². The molecule has 1 N–H and O–H groups in total. The van der Waals surface area contributed by atoms with Gasteiger partial charge >= 0.3 is 0 Å². The number of hydrogen-bond donors (Lipinski definition) is 1. The summed E-state index contributed by atoms with van der Waals surface area (Å²) >= 11 is 0. The standard InChI is InChI=1S/C13H19N7O/c1-8-14-10-6-19(5-9(10)12(21)15-8)7-11-16-18-20(17-11)13(2,3)4/h5-7H2,1-4H3,(H,14,15,21). The van der Waals surface area contributed by atoms with E-state index in [4.69, 9.17) is 0 Å². The van der Waals surface area contributed by atoms with Crippen molar-refractivity contribution in [3.63, 3.8) is 0 Å². The molecule has 0 bridgehead atoms. The highest BCUT2D eigenvalue weighted by molar-refractivity contribution is 5.21. The Balaban J connectivity index is 1.75. The molecule has 0 fully saturated rings. The van der Waals surface area contributed by atoms with E-state index in [0.717, 1.165) is 11.3 Å². The second-order valence-electron chi connectivity index (χ2n) is 6.39. The molecule has 8 nitrogen and oxygen atoms in total. The van der Waals surface area contributed by atoms with Crippen LogP contribution in [-0.4, -0.2) is 35.1 Å². The van der Waals surface area contributed by atoms with Gasteiger partial charge in [0, 0.05) is 13.1 Å². The molecule has 2 aromatic rings. The van der Waals surface area contributed by atoms with E-state index in [1.165, 1.54) is 0 Å². The van der Waals surface area contributed by atoms with E-state index >= 15 is 0 Å². The molecule has 0 atom stereocenters. The Kier molecular flexibility index (Phi) is 3.12. The molecule has 1 aliphatic rings. The van der Waals surface area contributed by atoms with Crippen LogP contribution in [0.3, 0.4) is 0 Å². The predicted molar refractivity (Wildman–Crippen MR) is 75.4 cm³/mol. The number of tetrazole rings is 1. The van der Waals surface area contributed by atoms with E-state index in [0.29, 0.717) is 31.3 Å². The van der Waals surface area contributed by atoms with Crippen LogP contribution in [0, 0.1) is 6.92 Å². The first-order valence-electron chi connectivity index (χ1n) is 6.93. The van der Waals surface area contributed by atoms with Crippen molar-refractivity contribution < 1.29 is 0 Å². The first kappa shape index (κ1) is 13.9. The zero-order valence-corrected chi connectivity index (χ0v) is 12.7. The number of nitrogens with one attached hydrogen (secondary N) is 1. The van der Waals surface area contributed by atoms with E-state index in [1.807, 2.05) is 20.8 Å². The number of aromatic nitrogens is 6. The minimum Gasteiger partial charge on any atom is -0.310 e. The average Bonchev–Trinajstić information content (AvgIpc) is 2.95. The number of aryl methyl sites for hydroxylation is 1. The Morgan fingerprint density at radius 3 is 2.71 bits per heavy atom. The van der Waals surface area contributed by atoms with Gasteiger partial charge in [-0.15, -0.1) is 10.2 Å². The predicted octanol–water partition coefficient (Wildman–Crippen LogP) is 0.336. The first-order valence-corrected chi connectivity index (χ1v) is 6.93. The van der Waals surface area contributed by atoms with Crippen molar-refractivity contribution in [2.24, 2.45) is 0 Å². The lowest BCUT2D eigenvalue weighted by molar-refractivity contribution is 0.262. The summed E-state index contributed by atoms with van der Waals surface area (Å²) in [6.45, 7) is 9.64. The number of fused-ring (bicyclic) bond motifs is 1. The molecule has 0 spiro atoms. The molecule has 0 saturated carbocycles. The first-order chi connectivity index (χ1) is 9.83. The Morgan fingerprint density at radius 2 is 2.05 bits per heavy atom. The van der Waals surface area contributed by atoms with Crippen molar-refractivity contribution in [1.82, 2.24) is 35.1 Å². The fraction of sp³-hybridized carbons (Fsp3) is 0.615. The lowest BCUT2D eigenvalue weighted by Gasteiger charge is -2.15. The molecule has 3 rings (SSSR count). The molecule has 0 amide bonds. The molecule has 0 aromatic carbocycles. The Labute approximate surface area is 122 Å². The van der Waals surface area contributed by atoms with Crippen LogP contribution in [0.4, 0.5) is 0 Å². The number of rotatable bonds is 2. The summed E-state index contributed by atoms with van der Waals surface area (Å²) in [5, 5.41) is 12.6. The molecule has 8 heteroatoms. The molecule has 0 saturated heterocycles. The fourth-order valence-corrected chi connectivity index (χ4v) is 2.36. The van der Waals surface area contributed by atoms with Gasteiger partial charge in [0.2, 0.25) is 0 Å². The van der Waals surface area contributed by atoms with E-state index in [2.05, 4.69) is 30.3 Å². The minimum absolute atomic E-state index is 0.0497. The van der Waals surface area contributed by atoms with E-state index in [-0.39, 0.29) is 11.1 Å². The second kappa shape index (κ2) is 4.73. The Bertz CT molecular complexity index is 725. The highest BCUT2D eigenvalue weighted by atomic mass is 16.1. The third kappa shape index (κ3) is 2.71. The SMILES string of the molecule is Cc1nc2c(c(=O)[nH]1)CN(Cc1nnn(C(C)(C)C)n1)C2. The number of H-pyrrole nitrogens is 1. The van der Waals surface area contributed by atoms with Crippen molar-refractivity contribution >= 4 is 0 Å². The summed E-state index contributed by atoms with van der Waals surface area (Å²) in [5.41, 5.74) is 1.35. The van der Waals surface area contributed by atoms with Gasteiger partial charge in [-0.25, -0.2) is 4.98 Å². The van der Waals surface area contributed by atoms with Crippen molar-refractivity contribution in [2.75, 3.05) is 0 Å². The van der Waals surface area contributed by atoms with E-state index in [1.54, 1.807) is 11.7 Å². The van der Waals surface area contributed by atoms with Crippen molar-refractivity contribution in [3.05, 3.63) is 33.3 Å². The third-order valence-electron chi connectivity index (χ3n) is 3.39. The van der Waals surface area contributed by atoms with Gasteiger partial charge in [-0.1, -0.05) is 0 Å². The van der Waals surface area contributed by atoms with Gasteiger partial charge < -0.3 is 4.98 Å². The van der Waals surface area contributed by atoms with Crippen LogP contribution in [-0.2, 0) is 25.2 Å². The molecular formula is C13H19N7O. The van der Waals surface area contributed by atoms with Gasteiger partial charge in [0.25, 0.3) is 5.56 Å². The maximum atomic E-state index is 11.9. The second-order valence-corrected chi connectivity index (χ2v) is 6.39. The van der Waals surface area contributed by atoms with Gasteiger partial charge in [0.15, 0.2) is 5.82 Å². The Hall–Kier alpha value is -2.09. The van der Waals surface area contributed by atoms with Gasteiger partial charge in [-0.2, -0.15) is 4.80 Å². The summed E-state index contributed by atoms with van der Waals surface area (Å²) in [4.78, 5) is 22.7. The average molecular weight is 289 g/mol. The normalized spacial score (nSPS) is 15.4. The topological polar surface area (TPSA) is 92.6 Å². The molecule has 0 unspecified atom stereocenters. The summed E-state index contributed by atoms with van der Waals surface area (Å²) in [6, 6.07) is 0. The van der Waals surface area contributed by atoms with E-state index in [9.17, 15) is 4.79 Å². The maximum absolute atomic E-state index is 11.9. The number of nitrogens with zero attached hydrogens (tertiary/aromatic N) is 6. The lowest BCUT2D eigenvalue weighted by atomic mass is 10.1. The van der Waals surface area contributed by atoms with Crippen LogP contribution in [0.25, 0.3) is 0 Å².